The number of hydrogen-bond acceptors (Lipinski definition) is 4. The van der Waals surface area contributed by atoms with Gasteiger partial charge in [-0.05, 0) is 60.2 Å². The third kappa shape index (κ3) is 3.83. The van der Waals surface area contributed by atoms with Gasteiger partial charge < -0.3 is 10.6 Å². The molecule has 0 spiro atoms. The van der Waals surface area contributed by atoms with Crippen molar-refractivity contribution in [1.29, 1.82) is 0 Å². The summed E-state index contributed by atoms with van der Waals surface area (Å²) < 4.78 is 1.79. The summed E-state index contributed by atoms with van der Waals surface area (Å²) >= 11 is 0. The summed E-state index contributed by atoms with van der Waals surface area (Å²) in [6.45, 7) is 6.91. The molecule has 0 saturated heterocycles. The topological polar surface area (TPSA) is 94.1 Å². The number of nitrogens with two attached hydrogens (primary N) is 1. The number of carbonyl (C=O) groups excluding carboxylic acids is 2. The normalized spacial score (nSPS) is 13.0. The molecule has 0 saturated carbocycles. The van der Waals surface area contributed by atoms with Crippen LogP contribution in [0, 0.1) is 0 Å². The molecular formula is C24H27N5O2. The summed E-state index contributed by atoms with van der Waals surface area (Å²) in [6.07, 6.45) is 2.24. The van der Waals surface area contributed by atoms with Crippen molar-refractivity contribution in [2.45, 2.75) is 46.0 Å². The van der Waals surface area contributed by atoms with E-state index in [1.54, 1.807) is 27.8 Å². The molecule has 1 aliphatic heterocycles. The van der Waals surface area contributed by atoms with Crippen molar-refractivity contribution in [2.24, 2.45) is 5.73 Å². The Morgan fingerprint density at radius 3 is 2.68 bits per heavy atom. The molecule has 0 radical (unpaired) electrons. The smallest absolute Gasteiger partial charge is 0.280 e. The number of anilines is 1. The van der Waals surface area contributed by atoms with Crippen LogP contribution in [0.3, 0.4) is 0 Å². The summed E-state index contributed by atoms with van der Waals surface area (Å²) in [7, 11) is 0. The van der Waals surface area contributed by atoms with E-state index in [9.17, 15) is 9.59 Å². The van der Waals surface area contributed by atoms with Gasteiger partial charge in [-0.3, -0.25) is 9.59 Å². The third-order valence-corrected chi connectivity index (χ3v) is 5.74. The molecule has 2 heterocycles. The van der Waals surface area contributed by atoms with Gasteiger partial charge in [0, 0.05) is 17.8 Å². The van der Waals surface area contributed by atoms with Gasteiger partial charge in [-0.1, -0.05) is 44.5 Å². The quantitative estimate of drug-likeness (QED) is 0.662. The van der Waals surface area contributed by atoms with Gasteiger partial charge in [0.15, 0.2) is 5.69 Å². The van der Waals surface area contributed by atoms with Gasteiger partial charge >= 0.3 is 0 Å². The van der Waals surface area contributed by atoms with E-state index in [1.165, 1.54) is 5.56 Å². The Bertz CT molecular complexity index is 1150. The fourth-order valence-electron chi connectivity index (χ4n) is 4.05. The lowest BCUT2D eigenvalue weighted by Crippen LogP contribution is -2.30. The molecule has 31 heavy (non-hydrogen) atoms. The van der Waals surface area contributed by atoms with Gasteiger partial charge in [0.05, 0.1) is 11.4 Å². The summed E-state index contributed by atoms with van der Waals surface area (Å²) in [5, 5.41) is 8.65. The summed E-state index contributed by atoms with van der Waals surface area (Å²) in [5.41, 5.74) is 10.9. The fourth-order valence-corrected chi connectivity index (χ4v) is 4.05. The van der Waals surface area contributed by atoms with Crippen molar-refractivity contribution in [3.05, 3.63) is 70.5 Å². The molecule has 2 amide bonds. The van der Waals surface area contributed by atoms with Crippen LogP contribution in [0.2, 0.25) is 0 Å². The predicted octanol–water partition coefficient (Wildman–Crippen LogP) is 3.65. The maximum Gasteiger partial charge on any atom is 0.280 e. The molecule has 160 valence electrons. The van der Waals surface area contributed by atoms with Crippen molar-refractivity contribution in [3.63, 3.8) is 0 Å². The summed E-state index contributed by atoms with van der Waals surface area (Å²) in [5.74, 6) is -0.240. The number of hydrogen-bond donors (Lipinski definition) is 1. The first-order chi connectivity index (χ1) is 14.9. The Morgan fingerprint density at radius 1 is 1.16 bits per heavy atom. The van der Waals surface area contributed by atoms with E-state index >= 15 is 0 Å². The van der Waals surface area contributed by atoms with Crippen LogP contribution in [-0.2, 0) is 12.8 Å². The zero-order valence-corrected chi connectivity index (χ0v) is 18.1. The molecule has 0 fully saturated rings. The van der Waals surface area contributed by atoms with Crippen molar-refractivity contribution >= 4 is 17.5 Å². The molecular weight excluding hydrogens is 390 g/mol. The molecule has 0 aliphatic carbocycles. The molecule has 2 aromatic carbocycles. The van der Waals surface area contributed by atoms with Crippen molar-refractivity contribution in [2.75, 3.05) is 11.4 Å². The van der Waals surface area contributed by atoms with Crippen LogP contribution in [0.4, 0.5) is 5.69 Å². The van der Waals surface area contributed by atoms with Crippen LogP contribution in [0.15, 0.2) is 42.5 Å². The summed E-state index contributed by atoms with van der Waals surface area (Å²) in [4.78, 5) is 26.7. The fraction of sp³-hybridized carbons (Fsp3) is 0.333. The molecule has 0 atom stereocenters. The molecule has 0 unspecified atom stereocenters. The van der Waals surface area contributed by atoms with Gasteiger partial charge in [-0.25, -0.2) is 4.68 Å². The number of primary amides is 1. The highest BCUT2D eigenvalue weighted by Crippen LogP contribution is 2.31. The number of benzene rings is 2. The number of carbonyl (C=O) groups is 2. The molecule has 7 nitrogen and oxygen atoms in total. The van der Waals surface area contributed by atoms with E-state index in [1.807, 2.05) is 12.1 Å². The molecule has 1 aliphatic rings. The van der Waals surface area contributed by atoms with E-state index in [2.05, 4.69) is 43.2 Å². The van der Waals surface area contributed by atoms with Crippen LogP contribution < -0.4 is 10.6 Å². The monoisotopic (exact) mass is 417 g/mol. The number of amides is 2. The lowest BCUT2D eigenvalue weighted by molar-refractivity contribution is 0.0981. The summed E-state index contributed by atoms with van der Waals surface area (Å²) in [6, 6.07) is 13.4. The lowest BCUT2D eigenvalue weighted by atomic mass is 10.0. The standard InChI is InChI=1S/C24H27N5O2/c1-4-6-21-22(26-27-29(21)19-8-5-7-16(14-19)15(2)3)24(31)28-12-11-17-13-18(23(25)30)9-10-20(17)28/h5,7-10,13-15H,4,6,11-12H2,1-3H3,(H2,25,30). The largest absolute Gasteiger partial charge is 0.366 e. The first-order valence-corrected chi connectivity index (χ1v) is 10.7. The van der Waals surface area contributed by atoms with Gasteiger partial charge in [-0.2, -0.15) is 0 Å². The third-order valence-electron chi connectivity index (χ3n) is 5.74. The maximum absolute atomic E-state index is 13.5. The highest BCUT2D eigenvalue weighted by molar-refractivity contribution is 6.07. The number of nitrogens with zero attached hydrogens (tertiary/aromatic N) is 4. The lowest BCUT2D eigenvalue weighted by Gasteiger charge is -2.17. The van der Waals surface area contributed by atoms with E-state index < -0.39 is 5.91 Å². The first kappa shape index (κ1) is 20.8. The van der Waals surface area contributed by atoms with Crippen LogP contribution in [0.25, 0.3) is 5.69 Å². The van der Waals surface area contributed by atoms with Crippen LogP contribution in [0.5, 0.6) is 0 Å². The SMILES string of the molecule is CCCc1c(C(=O)N2CCc3cc(C(N)=O)ccc32)nnn1-c1cccc(C(C)C)c1. The van der Waals surface area contributed by atoms with Gasteiger partial charge in [0.25, 0.3) is 5.91 Å². The van der Waals surface area contributed by atoms with Crippen molar-refractivity contribution < 1.29 is 9.59 Å². The second kappa shape index (κ2) is 8.34. The van der Waals surface area contributed by atoms with Crippen LogP contribution in [0.1, 0.15) is 70.8 Å². The van der Waals surface area contributed by atoms with E-state index in [0.29, 0.717) is 36.6 Å². The van der Waals surface area contributed by atoms with Crippen molar-refractivity contribution in [1.82, 2.24) is 15.0 Å². The molecule has 3 aromatic rings. The van der Waals surface area contributed by atoms with Crippen LogP contribution >= 0.6 is 0 Å². The van der Waals surface area contributed by atoms with Gasteiger partial charge in [0.2, 0.25) is 5.91 Å². The molecule has 2 N–H and O–H groups in total. The second-order valence-corrected chi connectivity index (χ2v) is 8.21. The number of aromatic nitrogens is 3. The maximum atomic E-state index is 13.5. The zero-order valence-electron chi connectivity index (χ0n) is 18.1. The Balaban J connectivity index is 1.71. The first-order valence-electron chi connectivity index (χ1n) is 10.7. The zero-order chi connectivity index (χ0) is 22.1. The molecule has 4 rings (SSSR count). The van der Waals surface area contributed by atoms with E-state index in [-0.39, 0.29) is 5.91 Å². The molecule has 1 aromatic heterocycles. The average Bonchev–Trinajstić information content (AvgIpc) is 3.37. The molecule has 7 heteroatoms. The van der Waals surface area contributed by atoms with E-state index in [4.69, 9.17) is 5.73 Å². The van der Waals surface area contributed by atoms with Gasteiger partial charge in [-0.15, -0.1) is 5.10 Å². The Kier molecular flexibility index (Phi) is 5.59. The Labute approximate surface area is 181 Å². The Morgan fingerprint density at radius 2 is 1.97 bits per heavy atom. The highest BCUT2D eigenvalue weighted by Gasteiger charge is 2.30. The Hall–Kier alpha value is -3.48. The predicted molar refractivity (Wildman–Crippen MR) is 120 cm³/mol. The van der Waals surface area contributed by atoms with Gasteiger partial charge in [0.1, 0.15) is 0 Å². The molecule has 0 bridgehead atoms. The number of rotatable bonds is 6. The highest BCUT2D eigenvalue weighted by atomic mass is 16.2. The van der Waals surface area contributed by atoms with E-state index in [0.717, 1.165) is 29.1 Å². The van der Waals surface area contributed by atoms with Crippen LogP contribution in [-0.4, -0.2) is 33.4 Å². The minimum Gasteiger partial charge on any atom is -0.366 e. The minimum atomic E-state index is -0.468. The minimum absolute atomic E-state index is 0.166. The number of fused-ring (bicyclic) bond motifs is 1. The second-order valence-electron chi connectivity index (χ2n) is 8.21. The van der Waals surface area contributed by atoms with Crippen molar-refractivity contribution in [3.8, 4) is 5.69 Å². The average molecular weight is 418 g/mol.